The molecule has 5 aromatic rings. The van der Waals surface area contributed by atoms with Gasteiger partial charge < -0.3 is 11.1 Å². The van der Waals surface area contributed by atoms with E-state index in [2.05, 4.69) is 20.4 Å². The highest BCUT2D eigenvalue weighted by atomic mass is 32.1. The summed E-state index contributed by atoms with van der Waals surface area (Å²) < 4.78 is 44.6. The van der Waals surface area contributed by atoms with Gasteiger partial charge in [0.25, 0.3) is 5.95 Å². The number of carbonyl (C=O) groups is 1. The van der Waals surface area contributed by atoms with Crippen LogP contribution in [-0.2, 0) is 16.6 Å². The van der Waals surface area contributed by atoms with E-state index in [9.17, 15) is 18.0 Å². The van der Waals surface area contributed by atoms with Gasteiger partial charge in [-0.3, -0.25) is 4.79 Å². The van der Waals surface area contributed by atoms with Crippen LogP contribution < -0.4 is 11.1 Å². The van der Waals surface area contributed by atoms with E-state index in [0.29, 0.717) is 22.2 Å². The molecule has 0 spiro atoms. The fourth-order valence-electron chi connectivity index (χ4n) is 4.83. The first kappa shape index (κ1) is 24.1. The molecule has 11 heteroatoms. The summed E-state index contributed by atoms with van der Waals surface area (Å²) in [4.78, 5) is 21.4. The molecular weight excluding hydrogens is 513 g/mol. The zero-order valence-corrected chi connectivity index (χ0v) is 21.4. The first-order valence-corrected chi connectivity index (χ1v) is 12.7. The third-order valence-corrected chi connectivity index (χ3v) is 7.81. The zero-order chi connectivity index (χ0) is 26.9. The van der Waals surface area contributed by atoms with E-state index < -0.39 is 28.4 Å². The Morgan fingerprint density at radius 3 is 2.58 bits per heavy atom. The maximum Gasteiger partial charge on any atom is 0.255 e. The first-order chi connectivity index (χ1) is 18.1. The van der Waals surface area contributed by atoms with Crippen LogP contribution in [0.25, 0.3) is 28.0 Å². The van der Waals surface area contributed by atoms with Crippen LogP contribution in [0.5, 0.6) is 0 Å². The summed E-state index contributed by atoms with van der Waals surface area (Å²) in [6, 6.07) is 7.23. The third-order valence-electron chi connectivity index (χ3n) is 6.95. The molecule has 0 saturated heterocycles. The van der Waals surface area contributed by atoms with Gasteiger partial charge in [-0.2, -0.15) is 31.1 Å². The second-order valence-corrected chi connectivity index (χ2v) is 10.5. The van der Waals surface area contributed by atoms with E-state index >= 15 is 0 Å². The molecule has 0 atom stereocenters. The lowest BCUT2D eigenvalue weighted by molar-refractivity contribution is -0.119. The minimum Gasteiger partial charge on any atom is -0.383 e. The van der Waals surface area contributed by atoms with Crippen molar-refractivity contribution in [2.24, 2.45) is 0 Å². The molecule has 192 valence electrons. The number of halogens is 3. The number of amides is 1. The lowest BCUT2D eigenvalue weighted by atomic mass is 9.87. The standard InChI is InChI=1S/C27H21F3N6OS/c1-12-10-38-11-16(12)13-4-7-20-15(8-13)19(9-14-17(28)5-6-18(29)22(14)30)35-36(20)26-32-23(31)21-24(34-26)33-25(37)27(21,2)3/h4-8,10-11H,9H2,1-3H3,(H3,31,32,33,34,37). The number of fused-ring (bicyclic) bond motifs is 2. The number of nitrogen functional groups attached to an aromatic ring is 1. The number of nitrogens with two attached hydrogens (primary N) is 1. The average molecular weight is 535 g/mol. The van der Waals surface area contributed by atoms with Crippen molar-refractivity contribution in [3.05, 3.63) is 80.9 Å². The van der Waals surface area contributed by atoms with Crippen molar-refractivity contribution in [3.63, 3.8) is 0 Å². The van der Waals surface area contributed by atoms with Crippen molar-refractivity contribution in [1.82, 2.24) is 19.7 Å². The molecule has 6 rings (SSSR count). The fourth-order valence-corrected chi connectivity index (χ4v) is 5.69. The minimum absolute atomic E-state index is 0.0788. The van der Waals surface area contributed by atoms with Gasteiger partial charge in [0.05, 0.1) is 22.2 Å². The van der Waals surface area contributed by atoms with Gasteiger partial charge in [-0.15, -0.1) is 0 Å². The van der Waals surface area contributed by atoms with Gasteiger partial charge in [-0.25, -0.2) is 13.2 Å². The lowest BCUT2D eigenvalue weighted by Gasteiger charge is -2.16. The molecule has 0 aliphatic carbocycles. The molecule has 4 heterocycles. The number of anilines is 2. The predicted octanol–water partition coefficient (Wildman–Crippen LogP) is 5.67. The third kappa shape index (κ3) is 3.57. The van der Waals surface area contributed by atoms with Crippen LogP contribution in [0.4, 0.5) is 24.8 Å². The monoisotopic (exact) mass is 534 g/mol. The quantitative estimate of drug-likeness (QED) is 0.290. The van der Waals surface area contributed by atoms with Crippen LogP contribution in [0, 0.1) is 24.4 Å². The second-order valence-electron chi connectivity index (χ2n) is 9.77. The fraction of sp³-hybridized carbons (Fsp3) is 0.185. The average Bonchev–Trinajstić information content (AvgIpc) is 3.52. The van der Waals surface area contributed by atoms with Crippen LogP contribution in [0.1, 0.15) is 36.2 Å². The summed E-state index contributed by atoms with van der Waals surface area (Å²) in [7, 11) is 0. The lowest BCUT2D eigenvalue weighted by Crippen LogP contribution is -2.27. The van der Waals surface area contributed by atoms with Gasteiger partial charge >= 0.3 is 0 Å². The topological polar surface area (TPSA) is 98.7 Å². The van der Waals surface area contributed by atoms with E-state index in [1.807, 2.05) is 35.9 Å². The number of benzene rings is 2. The van der Waals surface area contributed by atoms with E-state index in [-0.39, 0.29) is 29.9 Å². The SMILES string of the molecule is Cc1cscc1-c1ccc2c(c1)c(Cc1c(F)ccc(F)c1F)nn2-c1nc(N)c2c(n1)NC(=O)C2(C)C. The molecule has 3 aromatic heterocycles. The number of nitrogens with zero attached hydrogens (tertiary/aromatic N) is 4. The molecule has 2 aromatic carbocycles. The molecule has 0 saturated carbocycles. The number of nitrogens with one attached hydrogen (secondary N) is 1. The summed E-state index contributed by atoms with van der Waals surface area (Å²) in [5.41, 5.74) is 9.24. The molecule has 38 heavy (non-hydrogen) atoms. The summed E-state index contributed by atoms with van der Waals surface area (Å²) >= 11 is 1.56. The van der Waals surface area contributed by atoms with Crippen molar-refractivity contribution < 1.29 is 18.0 Å². The molecule has 0 radical (unpaired) electrons. The Bertz CT molecular complexity index is 1790. The van der Waals surface area contributed by atoms with Gasteiger partial charge in [0.15, 0.2) is 11.6 Å². The highest BCUT2D eigenvalue weighted by Crippen LogP contribution is 2.40. The van der Waals surface area contributed by atoms with Crippen LogP contribution in [-0.4, -0.2) is 25.7 Å². The van der Waals surface area contributed by atoms with Crippen molar-refractivity contribution in [3.8, 4) is 17.1 Å². The van der Waals surface area contributed by atoms with Crippen molar-refractivity contribution in [2.75, 3.05) is 11.1 Å². The highest BCUT2D eigenvalue weighted by molar-refractivity contribution is 7.08. The molecule has 7 nitrogen and oxygen atoms in total. The van der Waals surface area contributed by atoms with Gasteiger partial charge in [0, 0.05) is 17.4 Å². The Morgan fingerprint density at radius 2 is 1.84 bits per heavy atom. The molecule has 1 aliphatic heterocycles. The predicted molar refractivity (Wildman–Crippen MR) is 140 cm³/mol. The molecule has 1 amide bonds. The maximum atomic E-state index is 14.6. The van der Waals surface area contributed by atoms with Gasteiger partial charge in [0.1, 0.15) is 17.5 Å². The van der Waals surface area contributed by atoms with Gasteiger partial charge in [-0.05, 0) is 72.5 Å². The largest absolute Gasteiger partial charge is 0.383 e. The van der Waals surface area contributed by atoms with Crippen LogP contribution in [0.3, 0.4) is 0 Å². The Kier molecular flexibility index (Phi) is 5.32. The van der Waals surface area contributed by atoms with Crippen LogP contribution >= 0.6 is 11.3 Å². The van der Waals surface area contributed by atoms with E-state index in [4.69, 9.17) is 5.73 Å². The first-order valence-electron chi connectivity index (χ1n) is 11.7. The second kappa shape index (κ2) is 8.38. The number of aromatic nitrogens is 4. The molecule has 0 bridgehead atoms. The van der Waals surface area contributed by atoms with Gasteiger partial charge in [-0.1, -0.05) is 6.07 Å². The summed E-state index contributed by atoms with van der Waals surface area (Å²) in [6.07, 6.45) is -0.310. The maximum absolute atomic E-state index is 14.6. The Balaban J connectivity index is 1.57. The summed E-state index contributed by atoms with van der Waals surface area (Å²) in [5, 5.41) is 12.0. The van der Waals surface area contributed by atoms with E-state index in [1.54, 1.807) is 25.2 Å². The normalized spacial score (nSPS) is 14.2. The summed E-state index contributed by atoms with van der Waals surface area (Å²) in [6.45, 7) is 5.45. The number of aryl methyl sites for hydroxylation is 1. The van der Waals surface area contributed by atoms with Crippen molar-refractivity contribution >= 4 is 39.8 Å². The molecule has 0 fully saturated rings. The zero-order valence-electron chi connectivity index (χ0n) is 20.6. The van der Waals surface area contributed by atoms with Crippen LogP contribution in [0.2, 0.25) is 0 Å². The summed E-state index contributed by atoms with van der Waals surface area (Å²) in [5.74, 6) is -3.07. The van der Waals surface area contributed by atoms with E-state index in [1.165, 1.54) is 4.68 Å². The Hall–Kier alpha value is -4.25. The van der Waals surface area contributed by atoms with Crippen molar-refractivity contribution in [1.29, 1.82) is 0 Å². The Labute approximate surface area is 219 Å². The minimum atomic E-state index is -1.26. The molecule has 1 aliphatic rings. The van der Waals surface area contributed by atoms with E-state index in [0.717, 1.165) is 28.8 Å². The van der Waals surface area contributed by atoms with Crippen LogP contribution in [0.15, 0.2) is 41.1 Å². The molecular formula is C27H21F3N6OS. The smallest absolute Gasteiger partial charge is 0.255 e. The molecule has 0 unspecified atom stereocenters. The number of rotatable bonds is 4. The number of hydrogen-bond donors (Lipinski definition) is 2. The highest BCUT2D eigenvalue weighted by Gasteiger charge is 2.42. The van der Waals surface area contributed by atoms with Crippen molar-refractivity contribution in [2.45, 2.75) is 32.6 Å². The number of carbonyl (C=O) groups excluding carboxylic acids is 1. The Morgan fingerprint density at radius 1 is 1.08 bits per heavy atom. The van der Waals surface area contributed by atoms with Gasteiger partial charge in [0.2, 0.25) is 5.91 Å². The molecule has 3 N–H and O–H groups in total. The number of hydrogen-bond acceptors (Lipinski definition) is 6. The number of thiophene rings is 1.